The number of aryl methyl sites for hydroxylation is 1. The predicted octanol–water partition coefficient (Wildman–Crippen LogP) is 3.55. The molecule has 0 spiro atoms. The van der Waals surface area contributed by atoms with Gasteiger partial charge in [0.15, 0.2) is 5.96 Å². The van der Waals surface area contributed by atoms with Gasteiger partial charge in [0.05, 0.1) is 5.52 Å². The molecule has 3 rings (SSSR count). The Labute approximate surface area is 146 Å². The van der Waals surface area contributed by atoms with Crippen molar-refractivity contribution in [2.45, 2.75) is 20.0 Å². The van der Waals surface area contributed by atoms with Crippen LogP contribution in [-0.4, -0.2) is 18.0 Å². The maximum absolute atomic E-state index is 13.6. The van der Waals surface area contributed by atoms with Crippen molar-refractivity contribution in [1.82, 2.24) is 15.6 Å². The highest BCUT2D eigenvalue weighted by molar-refractivity contribution is 5.83. The summed E-state index contributed by atoms with van der Waals surface area (Å²) in [6.07, 6.45) is 1.80. The van der Waals surface area contributed by atoms with Gasteiger partial charge in [0.2, 0.25) is 0 Å². The molecule has 4 nitrogen and oxygen atoms in total. The zero-order chi connectivity index (χ0) is 17.6. The SMILES string of the molecule is CN=C(NCc1ccc(C)c(F)c1)NCc1cccc2cccnc12. The average Bonchev–Trinajstić information content (AvgIpc) is 2.64. The summed E-state index contributed by atoms with van der Waals surface area (Å²) < 4.78 is 13.6. The number of hydrogen-bond acceptors (Lipinski definition) is 2. The van der Waals surface area contributed by atoms with E-state index in [9.17, 15) is 4.39 Å². The number of rotatable bonds is 4. The van der Waals surface area contributed by atoms with Gasteiger partial charge >= 0.3 is 0 Å². The Bertz CT molecular complexity index is 900. The van der Waals surface area contributed by atoms with E-state index in [4.69, 9.17) is 0 Å². The molecule has 1 aromatic heterocycles. The van der Waals surface area contributed by atoms with Crippen LogP contribution in [0.15, 0.2) is 59.7 Å². The lowest BCUT2D eigenvalue weighted by Crippen LogP contribution is -2.36. The summed E-state index contributed by atoms with van der Waals surface area (Å²) in [6.45, 7) is 2.87. The fourth-order valence-corrected chi connectivity index (χ4v) is 2.64. The van der Waals surface area contributed by atoms with E-state index < -0.39 is 0 Å². The van der Waals surface area contributed by atoms with Crippen molar-refractivity contribution in [3.05, 3.63) is 77.2 Å². The van der Waals surface area contributed by atoms with Crippen LogP contribution in [0, 0.1) is 12.7 Å². The quantitative estimate of drug-likeness (QED) is 0.566. The second kappa shape index (κ2) is 7.75. The van der Waals surface area contributed by atoms with Gasteiger partial charge in [0.25, 0.3) is 0 Å². The second-order valence-corrected chi connectivity index (χ2v) is 5.86. The highest BCUT2D eigenvalue weighted by atomic mass is 19.1. The minimum Gasteiger partial charge on any atom is -0.352 e. The van der Waals surface area contributed by atoms with Crippen molar-refractivity contribution in [2.75, 3.05) is 7.05 Å². The number of para-hydroxylation sites is 1. The maximum atomic E-state index is 13.6. The van der Waals surface area contributed by atoms with Gasteiger partial charge in [-0.25, -0.2) is 4.39 Å². The van der Waals surface area contributed by atoms with Crippen molar-refractivity contribution in [2.24, 2.45) is 4.99 Å². The summed E-state index contributed by atoms with van der Waals surface area (Å²) in [5, 5.41) is 7.59. The number of pyridine rings is 1. The third kappa shape index (κ3) is 4.12. The largest absolute Gasteiger partial charge is 0.352 e. The van der Waals surface area contributed by atoms with Crippen LogP contribution in [0.1, 0.15) is 16.7 Å². The molecule has 0 aliphatic rings. The maximum Gasteiger partial charge on any atom is 0.191 e. The summed E-state index contributed by atoms with van der Waals surface area (Å²) in [7, 11) is 1.71. The third-order valence-corrected chi connectivity index (χ3v) is 4.08. The highest BCUT2D eigenvalue weighted by Gasteiger charge is 2.04. The Morgan fingerprint density at radius 2 is 1.88 bits per heavy atom. The van der Waals surface area contributed by atoms with Crippen LogP contribution in [0.4, 0.5) is 4.39 Å². The number of aliphatic imine (C=N–C) groups is 1. The molecule has 0 atom stereocenters. The molecule has 0 saturated heterocycles. The molecule has 0 radical (unpaired) electrons. The molecule has 3 aromatic rings. The Morgan fingerprint density at radius 3 is 2.68 bits per heavy atom. The Morgan fingerprint density at radius 1 is 1.08 bits per heavy atom. The van der Waals surface area contributed by atoms with Gasteiger partial charge < -0.3 is 10.6 Å². The molecular weight excluding hydrogens is 315 g/mol. The topological polar surface area (TPSA) is 49.3 Å². The van der Waals surface area contributed by atoms with Gasteiger partial charge in [-0.05, 0) is 35.7 Å². The smallest absolute Gasteiger partial charge is 0.191 e. The molecule has 0 unspecified atom stereocenters. The van der Waals surface area contributed by atoms with Crippen molar-refractivity contribution < 1.29 is 4.39 Å². The van der Waals surface area contributed by atoms with Gasteiger partial charge in [0, 0.05) is 31.7 Å². The van der Waals surface area contributed by atoms with E-state index in [2.05, 4.69) is 20.6 Å². The van der Waals surface area contributed by atoms with E-state index in [0.717, 1.165) is 22.0 Å². The third-order valence-electron chi connectivity index (χ3n) is 4.08. The number of aromatic nitrogens is 1. The first-order chi connectivity index (χ1) is 12.2. The number of halogens is 1. The molecule has 0 amide bonds. The molecule has 0 fully saturated rings. The molecular formula is C20H21FN4. The van der Waals surface area contributed by atoms with Crippen LogP contribution in [0.25, 0.3) is 10.9 Å². The van der Waals surface area contributed by atoms with E-state index in [-0.39, 0.29) is 5.82 Å². The van der Waals surface area contributed by atoms with E-state index in [1.807, 2.05) is 36.4 Å². The van der Waals surface area contributed by atoms with Crippen LogP contribution in [-0.2, 0) is 13.1 Å². The standard InChI is InChI=1S/C20H21FN4/c1-14-8-9-15(11-18(14)21)12-24-20(22-2)25-13-17-6-3-5-16-7-4-10-23-19(16)17/h3-11H,12-13H2,1-2H3,(H2,22,24,25). The highest BCUT2D eigenvalue weighted by Crippen LogP contribution is 2.15. The average molecular weight is 336 g/mol. The summed E-state index contributed by atoms with van der Waals surface area (Å²) in [5.41, 5.74) is 3.60. The van der Waals surface area contributed by atoms with Crippen molar-refractivity contribution >= 4 is 16.9 Å². The first-order valence-corrected chi connectivity index (χ1v) is 8.19. The van der Waals surface area contributed by atoms with Crippen molar-refractivity contribution in [3.63, 3.8) is 0 Å². The fraction of sp³-hybridized carbons (Fsp3) is 0.200. The van der Waals surface area contributed by atoms with E-state index in [1.54, 1.807) is 32.3 Å². The fourth-order valence-electron chi connectivity index (χ4n) is 2.64. The summed E-state index contributed by atoms with van der Waals surface area (Å²) in [6, 6.07) is 15.3. The van der Waals surface area contributed by atoms with Gasteiger partial charge in [0.1, 0.15) is 5.82 Å². The van der Waals surface area contributed by atoms with Gasteiger partial charge in [-0.2, -0.15) is 0 Å². The Hall–Kier alpha value is -2.95. The molecule has 25 heavy (non-hydrogen) atoms. The first-order valence-electron chi connectivity index (χ1n) is 8.19. The number of fused-ring (bicyclic) bond motifs is 1. The lowest BCUT2D eigenvalue weighted by Gasteiger charge is -2.13. The number of benzene rings is 2. The monoisotopic (exact) mass is 336 g/mol. The molecule has 1 heterocycles. The molecule has 0 bridgehead atoms. The number of guanidine groups is 1. The molecule has 2 aromatic carbocycles. The minimum absolute atomic E-state index is 0.191. The molecule has 0 aliphatic heterocycles. The van der Waals surface area contributed by atoms with Crippen molar-refractivity contribution in [3.8, 4) is 0 Å². The normalized spacial score (nSPS) is 11.6. The summed E-state index contributed by atoms with van der Waals surface area (Å²) in [5.74, 6) is 0.470. The summed E-state index contributed by atoms with van der Waals surface area (Å²) >= 11 is 0. The Balaban J connectivity index is 1.63. The lowest BCUT2D eigenvalue weighted by molar-refractivity contribution is 0.615. The van der Waals surface area contributed by atoms with E-state index >= 15 is 0 Å². The Kier molecular flexibility index (Phi) is 5.23. The first kappa shape index (κ1) is 16.9. The second-order valence-electron chi connectivity index (χ2n) is 5.86. The van der Waals surface area contributed by atoms with Crippen molar-refractivity contribution in [1.29, 1.82) is 0 Å². The van der Waals surface area contributed by atoms with Crippen LogP contribution in [0.2, 0.25) is 0 Å². The molecule has 128 valence electrons. The van der Waals surface area contributed by atoms with E-state index in [1.165, 1.54) is 0 Å². The minimum atomic E-state index is -0.191. The molecule has 2 N–H and O–H groups in total. The van der Waals surface area contributed by atoms with Crippen LogP contribution in [0.5, 0.6) is 0 Å². The number of nitrogens with zero attached hydrogens (tertiary/aromatic N) is 2. The zero-order valence-corrected chi connectivity index (χ0v) is 14.4. The van der Waals surface area contributed by atoms with Gasteiger partial charge in [-0.15, -0.1) is 0 Å². The number of nitrogens with one attached hydrogen (secondary N) is 2. The summed E-state index contributed by atoms with van der Waals surface area (Å²) in [4.78, 5) is 8.67. The molecule has 5 heteroatoms. The molecule has 0 saturated carbocycles. The zero-order valence-electron chi connectivity index (χ0n) is 14.4. The lowest BCUT2D eigenvalue weighted by atomic mass is 10.1. The van der Waals surface area contributed by atoms with E-state index in [0.29, 0.717) is 24.6 Å². The van der Waals surface area contributed by atoms with Gasteiger partial charge in [-0.3, -0.25) is 9.98 Å². The predicted molar refractivity (Wildman–Crippen MR) is 99.9 cm³/mol. The molecule has 0 aliphatic carbocycles. The number of hydrogen-bond donors (Lipinski definition) is 2. The van der Waals surface area contributed by atoms with Gasteiger partial charge in [-0.1, -0.05) is 36.4 Å². The van der Waals surface area contributed by atoms with Crippen LogP contribution in [0.3, 0.4) is 0 Å². The van der Waals surface area contributed by atoms with Crippen LogP contribution >= 0.6 is 0 Å². The van der Waals surface area contributed by atoms with Crippen LogP contribution < -0.4 is 10.6 Å².